The Kier molecular flexibility index (Phi) is 21.3. The van der Waals surface area contributed by atoms with Crippen LogP contribution in [0.15, 0.2) is 23.3 Å². The van der Waals surface area contributed by atoms with E-state index in [1.807, 2.05) is 0 Å². The minimum atomic E-state index is -3.25. The monoisotopic (exact) mass is 1170 g/mol. The number of ketones is 2. The molecule has 6 aliphatic rings. The molecule has 37 nitrogen and oxygen atoms in total. The van der Waals surface area contributed by atoms with Gasteiger partial charge in [0.05, 0.1) is 75.9 Å². The maximum Gasteiger partial charge on any atom is 0.201 e. The smallest absolute Gasteiger partial charge is 0.201 e. The fourth-order valence-corrected chi connectivity index (χ4v) is 10.5. The van der Waals surface area contributed by atoms with Crippen molar-refractivity contribution < 1.29 is 139 Å². The lowest BCUT2D eigenvalue weighted by atomic mass is 9.76. The summed E-state index contributed by atoms with van der Waals surface area (Å²) in [4.78, 5) is 33.0. The maximum absolute atomic E-state index is 15.2. The van der Waals surface area contributed by atoms with E-state index in [4.69, 9.17) is 81.8 Å². The number of nitrogens with zero attached hydrogens (tertiary/aromatic N) is 3. The molecule has 6 aliphatic heterocycles. The maximum atomic E-state index is 15.2. The van der Waals surface area contributed by atoms with Crippen molar-refractivity contribution in [2.75, 3.05) is 39.6 Å². The Labute approximate surface area is 457 Å². The second-order valence-electron chi connectivity index (χ2n) is 20.3. The standard InChI is InChI=1S/C44H71N9O28/c45-17-23(60)29(12(4-54)72-37(17)70)76-39-19(47)25(62)31(14(6-56)74-39)78-41-21(49)27(64)35(68)43(8-58,80-41)33(66)10-2-1-3-11(52-53-51)16(10)34(67)44(9-59)36(69)28(65)22(50)42(81-44)79-32-15(7-57)75-40(20(48)26(32)63)77-30-13(5-55)73-38(71)18(46)24(30)61/h1-3,12-15,17-32,35-42,54-65,68-71H,4-9,45-50H2/t12-,13-,14-,15-,17-,18-,19-,20-,21-,22-,23-,24-,25-,26-,27-,28-,29?,30?,31?,32?,35+,36+,37-,38-,39+,40+,41+,42+,43+,44+/m1/s1. The molecule has 30 atom stereocenters. The first-order valence-corrected chi connectivity index (χ1v) is 25.2. The van der Waals surface area contributed by atoms with Crippen LogP contribution in [0.4, 0.5) is 5.69 Å². The summed E-state index contributed by atoms with van der Waals surface area (Å²) in [6.07, 6.45) is -41.9. The molecule has 0 radical (unpaired) electrons. The van der Waals surface area contributed by atoms with Gasteiger partial charge in [0.25, 0.3) is 0 Å². The fourth-order valence-electron chi connectivity index (χ4n) is 10.5. The number of Topliss-reactive ketones (excluding diaryl/α,β-unsaturated/α-hetero) is 2. The van der Waals surface area contributed by atoms with Gasteiger partial charge in [0.1, 0.15) is 97.7 Å². The summed E-state index contributed by atoms with van der Waals surface area (Å²) in [6.45, 7) is -7.00. The minimum absolute atomic E-state index is 0.794. The molecule has 81 heavy (non-hydrogen) atoms. The first-order valence-electron chi connectivity index (χ1n) is 25.2. The Bertz CT molecular complexity index is 2350. The van der Waals surface area contributed by atoms with Crippen LogP contribution in [0.1, 0.15) is 20.7 Å². The van der Waals surface area contributed by atoms with Gasteiger partial charge in [-0.1, -0.05) is 23.3 Å². The zero-order valence-electron chi connectivity index (χ0n) is 42.5. The number of aliphatic hydroxyl groups is 16. The molecule has 0 saturated carbocycles. The first-order chi connectivity index (χ1) is 38.3. The van der Waals surface area contributed by atoms with E-state index in [9.17, 15) is 87.2 Å². The average Bonchev–Trinajstić information content (AvgIpc) is 3.60. The molecule has 0 aliphatic carbocycles. The zero-order valence-corrected chi connectivity index (χ0v) is 42.5. The fraction of sp³-hybridized carbons (Fsp3) is 0.818. The predicted molar refractivity (Wildman–Crippen MR) is 256 cm³/mol. The van der Waals surface area contributed by atoms with Gasteiger partial charge in [-0.2, -0.15) is 0 Å². The normalized spacial score (nSPS) is 47.8. The van der Waals surface area contributed by atoms with E-state index in [0.717, 1.165) is 18.2 Å². The number of hydrogen-bond donors (Lipinski definition) is 22. The van der Waals surface area contributed by atoms with Crippen LogP contribution in [0.3, 0.4) is 0 Å². The third-order valence-corrected chi connectivity index (χ3v) is 15.4. The highest BCUT2D eigenvalue weighted by Gasteiger charge is 2.63. The number of aliphatic hydroxyl groups excluding tert-OH is 16. The van der Waals surface area contributed by atoms with Crippen LogP contribution < -0.4 is 34.4 Å². The van der Waals surface area contributed by atoms with Crippen molar-refractivity contribution in [2.24, 2.45) is 39.5 Å². The largest absolute Gasteiger partial charge is 0.394 e. The highest BCUT2D eigenvalue weighted by atomic mass is 16.8. The van der Waals surface area contributed by atoms with E-state index in [2.05, 4.69) is 10.0 Å². The Morgan fingerprint density at radius 3 is 1.19 bits per heavy atom. The number of nitrogens with two attached hydrogens (primary N) is 6. The molecule has 1 aromatic carbocycles. The molecule has 0 spiro atoms. The molecule has 4 unspecified atom stereocenters. The molecular weight excluding hydrogens is 1100 g/mol. The highest BCUT2D eigenvalue weighted by molar-refractivity contribution is 6.17. The lowest BCUT2D eigenvalue weighted by molar-refractivity contribution is -0.354. The molecule has 6 fully saturated rings. The highest BCUT2D eigenvalue weighted by Crippen LogP contribution is 2.42. The second kappa shape index (κ2) is 26.5. The lowest BCUT2D eigenvalue weighted by Gasteiger charge is -2.51. The van der Waals surface area contributed by atoms with Crippen molar-refractivity contribution in [3.05, 3.63) is 39.8 Å². The number of rotatable bonds is 19. The van der Waals surface area contributed by atoms with E-state index in [1.54, 1.807) is 0 Å². The SMILES string of the molecule is [N-]=[N+]=Nc1cccc(C(=O)[C@]2(CO)O[C@H](OC3[C@@H](CO)O[C@@H](OC4[C@@H](CO)O[C@@H](O)[C@H](N)[C@H]4O)[C@H](N)[C@H]3O)[C@H](N)[C@@H](O)[C@@H]2O)c1C(=O)[C@]1(CO)O[C@H](OC2[C@@H](CO)O[C@@H](OC3[C@@H](CO)O[C@@H](O)[C@H](N)[C@H]3O)[C@H](N)[C@H]2O)[C@H](N)[C@@H](O)[C@@H]1O. The van der Waals surface area contributed by atoms with Crippen molar-refractivity contribution in [3.63, 3.8) is 0 Å². The van der Waals surface area contributed by atoms with Crippen LogP contribution in [0.25, 0.3) is 10.4 Å². The van der Waals surface area contributed by atoms with E-state index < -0.39 is 251 Å². The third kappa shape index (κ3) is 11.9. The summed E-state index contributed by atoms with van der Waals surface area (Å²) in [5.41, 5.74) is 36.9. The van der Waals surface area contributed by atoms with Gasteiger partial charge in [0, 0.05) is 21.7 Å². The van der Waals surface area contributed by atoms with Crippen molar-refractivity contribution in [3.8, 4) is 0 Å². The summed E-state index contributed by atoms with van der Waals surface area (Å²) in [5, 5.41) is 177. The molecule has 0 amide bonds. The average molecular weight is 1170 g/mol. The third-order valence-electron chi connectivity index (χ3n) is 15.4. The predicted octanol–water partition coefficient (Wildman–Crippen LogP) is -13.6. The molecule has 6 saturated heterocycles. The minimum Gasteiger partial charge on any atom is -0.394 e. The molecule has 1 aromatic rings. The second-order valence-corrected chi connectivity index (χ2v) is 20.3. The topological polar surface area (TPSA) is 655 Å². The number of carbonyl (C=O) groups excluding carboxylic acids is 2. The van der Waals surface area contributed by atoms with Gasteiger partial charge in [-0.05, 0) is 5.53 Å². The molecule has 7 rings (SSSR count). The van der Waals surface area contributed by atoms with Gasteiger partial charge >= 0.3 is 0 Å². The number of benzene rings is 1. The van der Waals surface area contributed by atoms with Crippen LogP contribution in [0.5, 0.6) is 0 Å². The first kappa shape index (κ1) is 65.1. The van der Waals surface area contributed by atoms with Crippen LogP contribution in [0, 0.1) is 0 Å². The Hall–Kier alpha value is -3.41. The number of ether oxygens (including phenoxy) is 10. The molecule has 460 valence electrons. The van der Waals surface area contributed by atoms with Crippen molar-refractivity contribution in [2.45, 2.75) is 183 Å². The van der Waals surface area contributed by atoms with Gasteiger partial charge in [-0.15, -0.1) is 0 Å². The van der Waals surface area contributed by atoms with Gasteiger partial charge < -0.3 is 163 Å². The van der Waals surface area contributed by atoms with Gasteiger partial charge in [0.2, 0.25) is 11.6 Å². The van der Waals surface area contributed by atoms with E-state index in [1.165, 1.54) is 0 Å². The summed E-state index contributed by atoms with van der Waals surface area (Å²) >= 11 is 0. The molecule has 28 N–H and O–H groups in total. The van der Waals surface area contributed by atoms with Crippen molar-refractivity contribution >= 4 is 17.3 Å². The van der Waals surface area contributed by atoms with E-state index in [-0.39, 0.29) is 0 Å². The van der Waals surface area contributed by atoms with E-state index in [0.29, 0.717) is 0 Å². The van der Waals surface area contributed by atoms with Crippen molar-refractivity contribution in [1.82, 2.24) is 0 Å². The molecule has 0 aromatic heterocycles. The lowest BCUT2D eigenvalue weighted by Crippen LogP contribution is -2.73. The summed E-state index contributed by atoms with van der Waals surface area (Å²) < 4.78 is 57.0. The number of hydrogen-bond acceptors (Lipinski definition) is 35. The summed E-state index contributed by atoms with van der Waals surface area (Å²) in [5.74, 6) is -3.38. The van der Waals surface area contributed by atoms with Crippen LogP contribution in [0.2, 0.25) is 0 Å². The van der Waals surface area contributed by atoms with Crippen LogP contribution in [-0.4, -0.2) is 316 Å². The molecule has 6 heterocycles. The van der Waals surface area contributed by atoms with Gasteiger partial charge in [-0.3, -0.25) is 9.59 Å². The summed E-state index contributed by atoms with van der Waals surface area (Å²) in [6, 6.07) is -7.42. The Morgan fingerprint density at radius 2 is 0.827 bits per heavy atom. The molecule has 37 heteroatoms. The quantitative estimate of drug-likeness (QED) is 0.0265. The van der Waals surface area contributed by atoms with E-state index >= 15 is 9.59 Å². The Balaban J connectivity index is 1.17. The zero-order chi connectivity index (χ0) is 59.9. The number of carbonyl (C=O) groups is 2. The van der Waals surface area contributed by atoms with Crippen LogP contribution in [-0.2, 0) is 47.4 Å². The molecule has 0 bridgehead atoms. The van der Waals surface area contributed by atoms with Crippen molar-refractivity contribution in [1.29, 1.82) is 0 Å². The Morgan fingerprint density at radius 1 is 0.494 bits per heavy atom. The number of azide groups is 1. The van der Waals surface area contributed by atoms with Gasteiger partial charge in [-0.25, -0.2) is 0 Å². The molecular formula is C44H71N9O28. The van der Waals surface area contributed by atoms with Crippen LogP contribution >= 0.6 is 0 Å². The summed E-state index contributed by atoms with van der Waals surface area (Å²) in [7, 11) is 0. The van der Waals surface area contributed by atoms with Gasteiger partial charge in [0.15, 0.2) is 48.9 Å².